The topological polar surface area (TPSA) is 24.9 Å². The smallest absolute Gasteiger partial charge is 0.0298 e. The van der Waals surface area contributed by atoms with Crippen molar-refractivity contribution in [3.63, 3.8) is 0 Å². The van der Waals surface area contributed by atoms with Crippen LogP contribution in [0.25, 0.3) is 0 Å². The van der Waals surface area contributed by atoms with Gasteiger partial charge < -0.3 is 5.32 Å². The van der Waals surface area contributed by atoms with E-state index in [4.69, 9.17) is 0 Å². The van der Waals surface area contributed by atoms with Gasteiger partial charge in [-0.25, -0.2) is 0 Å². The van der Waals surface area contributed by atoms with E-state index in [-0.39, 0.29) is 0 Å². The summed E-state index contributed by atoms with van der Waals surface area (Å²) in [4.78, 5) is 4.06. The lowest BCUT2D eigenvalue weighted by molar-refractivity contribution is 0.494. The lowest BCUT2D eigenvalue weighted by Gasteiger charge is -2.21. The molecule has 19 heavy (non-hydrogen) atoms. The summed E-state index contributed by atoms with van der Waals surface area (Å²) in [6.07, 6.45) is 3.68. The highest BCUT2D eigenvalue weighted by atomic mass is 14.9. The van der Waals surface area contributed by atoms with Crippen molar-refractivity contribution in [2.75, 3.05) is 0 Å². The van der Waals surface area contributed by atoms with Crippen molar-refractivity contribution in [2.24, 2.45) is 0 Å². The Hall–Kier alpha value is -1.67. The van der Waals surface area contributed by atoms with Crippen LogP contribution in [-0.2, 0) is 0 Å². The molecule has 0 saturated carbocycles. The van der Waals surface area contributed by atoms with Gasteiger partial charge in [-0.05, 0) is 62.1 Å². The average Bonchev–Trinajstić information content (AvgIpc) is 2.42. The van der Waals surface area contributed by atoms with Gasteiger partial charge in [-0.3, -0.25) is 4.98 Å². The Morgan fingerprint density at radius 3 is 2.11 bits per heavy atom. The first-order valence-electron chi connectivity index (χ1n) is 6.81. The molecule has 2 rings (SSSR count). The van der Waals surface area contributed by atoms with Gasteiger partial charge in [0.25, 0.3) is 0 Å². The van der Waals surface area contributed by atoms with E-state index in [1.165, 1.54) is 22.3 Å². The van der Waals surface area contributed by atoms with E-state index in [0.717, 1.165) is 0 Å². The summed E-state index contributed by atoms with van der Waals surface area (Å²) < 4.78 is 0. The molecule has 100 valence electrons. The van der Waals surface area contributed by atoms with Gasteiger partial charge in [-0.2, -0.15) is 0 Å². The minimum Gasteiger partial charge on any atom is -0.304 e. The quantitative estimate of drug-likeness (QED) is 0.888. The third-order valence-corrected chi connectivity index (χ3v) is 3.74. The number of nitrogens with zero attached hydrogens (tertiary/aromatic N) is 1. The summed E-state index contributed by atoms with van der Waals surface area (Å²) in [6.45, 7) is 8.71. The van der Waals surface area contributed by atoms with Crippen molar-refractivity contribution < 1.29 is 0 Å². The van der Waals surface area contributed by atoms with Crippen molar-refractivity contribution >= 4 is 0 Å². The molecule has 0 aliphatic carbocycles. The lowest BCUT2D eigenvalue weighted by Crippen LogP contribution is -2.22. The van der Waals surface area contributed by atoms with Crippen LogP contribution in [0.4, 0.5) is 0 Å². The van der Waals surface area contributed by atoms with E-state index in [9.17, 15) is 0 Å². The molecule has 1 aromatic heterocycles. The summed E-state index contributed by atoms with van der Waals surface area (Å²) in [5.41, 5.74) is 5.30. The van der Waals surface area contributed by atoms with Crippen LogP contribution in [-0.4, -0.2) is 4.98 Å². The van der Waals surface area contributed by atoms with E-state index in [1.807, 2.05) is 12.4 Å². The fourth-order valence-electron chi connectivity index (χ4n) is 2.25. The Balaban J connectivity index is 2.08. The molecule has 2 atom stereocenters. The molecule has 1 N–H and O–H groups in total. The summed E-state index contributed by atoms with van der Waals surface area (Å²) >= 11 is 0. The number of nitrogens with one attached hydrogen (secondary N) is 1. The van der Waals surface area contributed by atoms with Crippen LogP contribution in [0.1, 0.15) is 48.2 Å². The number of rotatable bonds is 4. The summed E-state index contributed by atoms with van der Waals surface area (Å²) in [5, 5.41) is 3.63. The zero-order valence-corrected chi connectivity index (χ0v) is 12.1. The maximum Gasteiger partial charge on any atom is 0.0298 e. The van der Waals surface area contributed by atoms with Gasteiger partial charge in [-0.15, -0.1) is 0 Å². The van der Waals surface area contributed by atoms with Crippen LogP contribution < -0.4 is 5.32 Å². The molecule has 0 bridgehead atoms. The first-order chi connectivity index (χ1) is 9.08. The van der Waals surface area contributed by atoms with E-state index in [1.54, 1.807) is 0 Å². The second kappa shape index (κ2) is 5.98. The molecule has 0 amide bonds. The molecule has 2 nitrogen and oxygen atoms in total. The molecule has 2 heteroatoms. The Bertz CT molecular complexity index is 534. The molecule has 2 unspecified atom stereocenters. The molecular formula is C17H22N2. The number of hydrogen-bond acceptors (Lipinski definition) is 2. The largest absolute Gasteiger partial charge is 0.304 e. The number of hydrogen-bond donors (Lipinski definition) is 1. The van der Waals surface area contributed by atoms with Gasteiger partial charge in [0.15, 0.2) is 0 Å². The molecular weight excluding hydrogens is 232 g/mol. The monoisotopic (exact) mass is 254 g/mol. The van der Waals surface area contributed by atoms with E-state index >= 15 is 0 Å². The van der Waals surface area contributed by atoms with E-state index < -0.39 is 0 Å². The summed E-state index contributed by atoms with van der Waals surface area (Å²) in [5.74, 6) is 0. The zero-order valence-electron chi connectivity index (χ0n) is 12.1. The van der Waals surface area contributed by atoms with Gasteiger partial charge in [0.1, 0.15) is 0 Å². The molecule has 0 fully saturated rings. The Morgan fingerprint density at radius 2 is 1.47 bits per heavy atom. The second-order valence-electron chi connectivity index (χ2n) is 5.23. The van der Waals surface area contributed by atoms with Crippen molar-refractivity contribution in [1.29, 1.82) is 0 Å². The molecule has 1 heterocycles. The minimum atomic E-state index is 0.319. The van der Waals surface area contributed by atoms with Crippen molar-refractivity contribution in [3.8, 4) is 0 Å². The highest BCUT2D eigenvalue weighted by Gasteiger charge is 2.11. The first kappa shape index (κ1) is 13.8. The first-order valence-corrected chi connectivity index (χ1v) is 6.81. The average molecular weight is 254 g/mol. The molecule has 1 aromatic carbocycles. The standard InChI is InChI=1S/C17H22N2/c1-12-5-6-17(11-13(12)2)15(4)19-14(3)16-7-9-18-10-8-16/h5-11,14-15,19H,1-4H3. The third kappa shape index (κ3) is 3.42. The maximum absolute atomic E-state index is 4.06. The molecule has 0 radical (unpaired) electrons. The number of aromatic nitrogens is 1. The van der Waals surface area contributed by atoms with Crippen LogP contribution >= 0.6 is 0 Å². The highest BCUT2D eigenvalue weighted by molar-refractivity contribution is 5.31. The minimum absolute atomic E-state index is 0.319. The van der Waals surface area contributed by atoms with Crippen molar-refractivity contribution in [3.05, 3.63) is 65.0 Å². The van der Waals surface area contributed by atoms with Gasteiger partial charge in [0.05, 0.1) is 0 Å². The number of pyridine rings is 1. The van der Waals surface area contributed by atoms with E-state index in [0.29, 0.717) is 12.1 Å². The number of benzene rings is 1. The molecule has 0 aliphatic rings. The van der Waals surface area contributed by atoms with Crippen LogP contribution in [0.2, 0.25) is 0 Å². The fraction of sp³-hybridized carbons (Fsp3) is 0.353. The predicted octanol–water partition coefficient (Wildman–Crippen LogP) is 4.11. The highest BCUT2D eigenvalue weighted by Crippen LogP contribution is 2.20. The summed E-state index contributed by atoms with van der Waals surface area (Å²) in [6, 6.07) is 11.4. The molecule has 0 aliphatic heterocycles. The van der Waals surface area contributed by atoms with Crippen LogP contribution in [0.15, 0.2) is 42.7 Å². The van der Waals surface area contributed by atoms with Gasteiger partial charge in [0.2, 0.25) is 0 Å². The Morgan fingerprint density at radius 1 is 0.842 bits per heavy atom. The van der Waals surface area contributed by atoms with Gasteiger partial charge in [-0.1, -0.05) is 18.2 Å². The van der Waals surface area contributed by atoms with E-state index in [2.05, 4.69) is 68.3 Å². The number of aryl methyl sites for hydroxylation is 2. The molecule has 0 spiro atoms. The van der Waals surface area contributed by atoms with Gasteiger partial charge >= 0.3 is 0 Å². The van der Waals surface area contributed by atoms with Crippen LogP contribution in [0.5, 0.6) is 0 Å². The third-order valence-electron chi connectivity index (χ3n) is 3.74. The SMILES string of the molecule is Cc1ccc(C(C)NC(C)c2ccncc2)cc1C. The van der Waals surface area contributed by atoms with Crippen LogP contribution in [0.3, 0.4) is 0 Å². The summed E-state index contributed by atoms with van der Waals surface area (Å²) in [7, 11) is 0. The fourth-order valence-corrected chi connectivity index (χ4v) is 2.25. The normalized spacial score (nSPS) is 14.1. The Kier molecular flexibility index (Phi) is 4.33. The Labute approximate surface area is 115 Å². The lowest BCUT2D eigenvalue weighted by atomic mass is 10.0. The molecule has 0 saturated heterocycles. The second-order valence-corrected chi connectivity index (χ2v) is 5.23. The zero-order chi connectivity index (χ0) is 13.8. The van der Waals surface area contributed by atoms with Gasteiger partial charge in [0, 0.05) is 24.5 Å². The molecule has 2 aromatic rings. The predicted molar refractivity (Wildman–Crippen MR) is 80.1 cm³/mol. The van der Waals surface area contributed by atoms with Crippen molar-refractivity contribution in [2.45, 2.75) is 39.8 Å². The maximum atomic E-state index is 4.06. The van der Waals surface area contributed by atoms with Crippen molar-refractivity contribution in [1.82, 2.24) is 10.3 Å². The van der Waals surface area contributed by atoms with Crippen LogP contribution in [0, 0.1) is 13.8 Å².